The number of hydrogen-bond acceptors (Lipinski definition) is 4. The van der Waals surface area contributed by atoms with E-state index >= 15 is 0 Å². The van der Waals surface area contributed by atoms with Gasteiger partial charge >= 0.3 is 5.97 Å². The maximum atomic E-state index is 11.9. The molecule has 5 nitrogen and oxygen atoms in total. The normalized spacial score (nSPS) is 15.1. The van der Waals surface area contributed by atoms with Gasteiger partial charge in [0.2, 0.25) is 5.91 Å². The predicted octanol–water partition coefficient (Wildman–Crippen LogP) is 1.81. The average Bonchev–Trinajstić information content (AvgIpc) is 2.47. The van der Waals surface area contributed by atoms with Gasteiger partial charge in [0.05, 0.1) is 11.5 Å². The van der Waals surface area contributed by atoms with Gasteiger partial charge in [-0.15, -0.1) is 11.8 Å². The van der Waals surface area contributed by atoms with Crippen LogP contribution in [0.3, 0.4) is 0 Å². The number of aliphatic carboxylic acids is 1. The Balaban J connectivity index is 1.80. The Bertz CT molecular complexity index is 519. The van der Waals surface area contributed by atoms with Crippen molar-refractivity contribution in [1.82, 2.24) is 4.90 Å². The monoisotopic (exact) mass is 328 g/mol. The number of benzene rings is 1. The van der Waals surface area contributed by atoms with Gasteiger partial charge in [-0.05, 0) is 18.2 Å². The van der Waals surface area contributed by atoms with Crippen LogP contribution in [-0.2, 0) is 9.59 Å². The Morgan fingerprint density at radius 2 is 1.90 bits per heavy atom. The number of anilines is 1. The SMILES string of the molecule is O=C(O)CSCC(=O)N1CCN(c2cccc(Cl)c2)CC1. The van der Waals surface area contributed by atoms with Gasteiger partial charge in [-0.1, -0.05) is 17.7 Å². The van der Waals surface area contributed by atoms with Crippen molar-refractivity contribution in [3.8, 4) is 0 Å². The lowest BCUT2D eigenvalue weighted by Gasteiger charge is -2.36. The molecule has 1 N–H and O–H groups in total. The zero-order valence-electron chi connectivity index (χ0n) is 11.5. The first-order chi connectivity index (χ1) is 10.1. The maximum absolute atomic E-state index is 11.9. The summed E-state index contributed by atoms with van der Waals surface area (Å²) in [5.74, 6) is -0.692. The molecule has 0 bridgehead atoms. The number of carboxylic acids is 1. The van der Waals surface area contributed by atoms with Crippen molar-refractivity contribution in [3.05, 3.63) is 29.3 Å². The molecular weight excluding hydrogens is 312 g/mol. The van der Waals surface area contributed by atoms with Gasteiger partial charge in [0.25, 0.3) is 0 Å². The van der Waals surface area contributed by atoms with Gasteiger partial charge in [0, 0.05) is 36.9 Å². The maximum Gasteiger partial charge on any atom is 0.313 e. The van der Waals surface area contributed by atoms with Crippen molar-refractivity contribution in [2.45, 2.75) is 0 Å². The molecule has 0 saturated carbocycles. The third-order valence-electron chi connectivity index (χ3n) is 3.26. The summed E-state index contributed by atoms with van der Waals surface area (Å²) in [4.78, 5) is 26.4. The number of amides is 1. The van der Waals surface area contributed by atoms with Crippen molar-refractivity contribution in [1.29, 1.82) is 0 Å². The van der Waals surface area contributed by atoms with Crippen LogP contribution in [0.1, 0.15) is 0 Å². The molecule has 2 rings (SSSR count). The quantitative estimate of drug-likeness (QED) is 0.893. The summed E-state index contributed by atoms with van der Waals surface area (Å²) in [5.41, 5.74) is 1.06. The summed E-state index contributed by atoms with van der Waals surface area (Å²) in [5, 5.41) is 9.26. The number of nitrogens with zero attached hydrogens (tertiary/aromatic N) is 2. The molecule has 0 aliphatic carbocycles. The Hall–Kier alpha value is -1.40. The Labute approximate surface area is 132 Å². The lowest BCUT2D eigenvalue weighted by molar-refractivity contribution is -0.133. The Kier molecular flexibility index (Phi) is 5.76. The molecule has 0 atom stereocenters. The molecule has 1 heterocycles. The molecule has 0 spiro atoms. The van der Waals surface area contributed by atoms with Gasteiger partial charge in [-0.2, -0.15) is 0 Å². The number of rotatable bonds is 5. The molecule has 114 valence electrons. The summed E-state index contributed by atoms with van der Waals surface area (Å²) < 4.78 is 0. The lowest BCUT2D eigenvalue weighted by Crippen LogP contribution is -2.49. The van der Waals surface area contributed by atoms with Crippen LogP contribution in [0.4, 0.5) is 5.69 Å². The van der Waals surface area contributed by atoms with E-state index in [0.717, 1.165) is 30.5 Å². The van der Waals surface area contributed by atoms with Crippen LogP contribution in [0.5, 0.6) is 0 Å². The number of halogens is 1. The van der Waals surface area contributed by atoms with Crippen LogP contribution < -0.4 is 4.90 Å². The van der Waals surface area contributed by atoms with Crippen LogP contribution in [0.15, 0.2) is 24.3 Å². The van der Waals surface area contributed by atoms with E-state index in [1.54, 1.807) is 4.90 Å². The molecular formula is C14H17ClN2O3S. The van der Waals surface area contributed by atoms with E-state index in [-0.39, 0.29) is 17.4 Å². The molecule has 0 unspecified atom stereocenters. The van der Waals surface area contributed by atoms with E-state index in [9.17, 15) is 9.59 Å². The second kappa shape index (κ2) is 7.56. The molecule has 1 aromatic carbocycles. The van der Waals surface area contributed by atoms with E-state index in [4.69, 9.17) is 16.7 Å². The van der Waals surface area contributed by atoms with Crippen LogP contribution in [0, 0.1) is 0 Å². The highest BCUT2D eigenvalue weighted by Gasteiger charge is 2.21. The highest BCUT2D eigenvalue weighted by atomic mass is 35.5. The average molecular weight is 329 g/mol. The molecule has 0 aromatic heterocycles. The number of carbonyl (C=O) groups is 2. The Morgan fingerprint density at radius 1 is 1.19 bits per heavy atom. The summed E-state index contributed by atoms with van der Waals surface area (Å²) in [6.45, 7) is 2.82. The molecule has 1 amide bonds. The van der Waals surface area contributed by atoms with Crippen molar-refractivity contribution >= 4 is 40.9 Å². The van der Waals surface area contributed by atoms with E-state index in [2.05, 4.69) is 4.90 Å². The smallest absolute Gasteiger partial charge is 0.313 e. The summed E-state index contributed by atoms with van der Waals surface area (Å²) >= 11 is 7.12. The predicted molar refractivity (Wildman–Crippen MR) is 85.2 cm³/mol. The molecule has 21 heavy (non-hydrogen) atoms. The minimum absolute atomic E-state index is 0.00648. The second-order valence-corrected chi connectivity index (χ2v) is 6.16. The molecule has 1 saturated heterocycles. The standard InChI is InChI=1S/C14H17ClN2O3S/c15-11-2-1-3-12(8-11)16-4-6-17(7-5-16)13(18)9-21-10-14(19)20/h1-3,8H,4-7,9-10H2,(H,19,20). The second-order valence-electron chi connectivity index (χ2n) is 4.73. The number of piperazine rings is 1. The Morgan fingerprint density at radius 3 is 2.52 bits per heavy atom. The molecule has 1 aliphatic rings. The van der Waals surface area contributed by atoms with Crippen molar-refractivity contribution in [2.75, 3.05) is 42.6 Å². The zero-order chi connectivity index (χ0) is 15.2. The van der Waals surface area contributed by atoms with Crippen LogP contribution in [0.2, 0.25) is 5.02 Å². The largest absolute Gasteiger partial charge is 0.481 e. The zero-order valence-corrected chi connectivity index (χ0v) is 13.1. The first kappa shape index (κ1) is 16.0. The van der Waals surface area contributed by atoms with Gasteiger partial charge in [-0.25, -0.2) is 0 Å². The van der Waals surface area contributed by atoms with Crippen molar-refractivity contribution in [2.24, 2.45) is 0 Å². The fourth-order valence-corrected chi connectivity index (χ4v) is 3.02. The fourth-order valence-electron chi connectivity index (χ4n) is 2.20. The minimum Gasteiger partial charge on any atom is -0.481 e. The van der Waals surface area contributed by atoms with Gasteiger partial charge in [0.1, 0.15) is 0 Å². The number of carboxylic acid groups (broad SMARTS) is 1. The van der Waals surface area contributed by atoms with E-state index in [1.807, 2.05) is 24.3 Å². The number of hydrogen-bond donors (Lipinski definition) is 1. The number of thioether (sulfide) groups is 1. The molecule has 1 aromatic rings. The summed E-state index contributed by atoms with van der Waals surface area (Å²) in [6, 6.07) is 7.68. The van der Waals surface area contributed by atoms with E-state index < -0.39 is 5.97 Å². The third-order valence-corrected chi connectivity index (χ3v) is 4.39. The molecule has 0 radical (unpaired) electrons. The summed E-state index contributed by atoms with van der Waals surface area (Å²) in [6.07, 6.45) is 0. The first-order valence-corrected chi connectivity index (χ1v) is 8.17. The highest BCUT2D eigenvalue weighted by molar-refractivity contribution is 8.00. The van der Waals surface area contributed by atoms with Crippen molar-refractivity contribution in [3.63, 3.8) is 0 Å². The van der Waals surface area contributed by atoms with Gasteiger partial charge in [0.15, 0.2) is 0 Å². The first-order valence-electron chi connectivity index (χ1n) is 6.64. The number of carbonyl (C=O) groups excluding carboxylic acids is 1. The molecule has 1 fully saturated rings. The molecule has 7 heteroatoms. The van der Waals surface area contributed by atoms with E-state index in [0.29, 0.717) is 18.1 Å². The fraction of sp³-hybridized carbons (Fsp3) is 0.429. The lowest BCUT2D eigenvalue weighted by atomic mass is 10.2. The third kappa shape index (κ3) is 4.82. The topological polar surface area (TPSA) is 60.9 Å². The van der Waals surface area contributed by atoms with Crippen LogP contribution in [0.25, 0.3) is 0 Å². The van der Waals surface area contributed by atoms with Crippen molar-refractivity contribution < 1.29 is 14.7 Å². The molecule has 1 aliphatic heterocycles. The van der Waals surface area contributed by atoms with Crippen LogP contribution in [-0.4, -0.2) is 59.6 Å². The van der Waals surface area contributed by atoms with Crippen LogP contribution >= 0.6 is 23.4 Å². The minimum atomic E-state index is -0.890. The van der Waals surface area contributed by atoms with Gasteiger partial charge in [-0.3, -0.25) is 9.59 Å². The van der Waals surface area contributed by atoms with E-state index in [1.165, 1.54) is 0 Å². The van der Waals surface area contributed by atoms with Gasteiger partial charge < -0.3 is 14.9 Å². The highest BCUT2D eigenvalue weighted by Crippen LogP contribution is 2.21. The summed E-state index contributed by atoms with van der Waals surface area (Å²) in [7, 11) is 0.